The molecule has 3 aromatic rings. The molecule has 0 unspecified atom stereocenters. The zero-order chi connectivity index (χ0) is 14.7. The Kier molecular flexibility index (Phi) is 3.96. The third kappa shape index (κ3) is 3.28. The zero-order valence-electron chi connectivity index (χ0n) is 12.3. The lowest BCUT2D eigenvalue weighted by Gasteiger charge is -2.17. The topological polar surface area (TPSA) is 70.8 Å². The molecule has 2 heterocycles. The Morgan fingerprint density at radius 3 is 2.81 bits per heavy atom. The van der Waals surface area contributed by atoms with Crippen molar-refractivity contribution in [1.29, 1.82) is 0 Å². The van der Waals surface area contributed by atoms with E-state index < -0.39 is 0 Å². The summed E-state index contributed by atoms with van der Waals surface area (Å²) in [5.41, 5.74) is 2.10. The summed E-state index contributed by atoms with van der Waals surface area (Å²) in [7, 11) is 0. The van der Waals surface area contributed by atoms with Gasteiger partial charge in [-0.25, -0.2) is 4.98 Å². The Labute approximate surface area is 123 Å². The monoisotopic (exact) mass is 285 g/mol. The molecular weight excluding hydrogens is 266 g/mol. The molecule has 0 bridgehead atoms. The average Bonchev–Trinajstić information content (AvgIpc) is 3.08. The molecule has 0 saturated heterocycles. The van der Waals surface area contributed by atoms with Crippen LogP contribution in [0.1, 0.15) is 24.5 Å². The second kappa shape index (κ2) is 6.05. The van der Waals surface area contributed by atoms with Gasteiger partial charge in [0.2, 0.25) is 5.89 Å². The molecule has 0 spiro atoms. The van der Waals surface area contributed by atoms with E-state index in [0.717, 1.165) is 36.4 Å². The summed E-state index contributed by atoms with van der Waals surface area (Å²) in [6, 6.07) is 8.09. The molecule has 2 aromatic heterocycles. The molecule has 6 nitrogen and oxygen atoms in total. The average molecular weight is 285 g/mol. The van der Waals surface area contributed by atoms with E-state index in [4.69, 9.17) is 4.52 Å². The first-order chi connectivity index (χ1) is 10.2. The third-order valence-corrected chi connectivity index (χ3v) is 3.48. The van der Waals surface area contributed by atoms with Crippen LogP contribution in [-0.2, 0) is 13.0 Å². The van der Waals surface area contributed by atoms with Crippen LogP contribution in [0.2, 0.25) is 0 Å². The highest BCUT2D eigenvalue weighted by Gasteiger charge is 2.10. The van der Waals surface area contributed by atoms with Gasteiger partial charge in [-0.15, -0.1) is 0 Å². The van der Waals surface area contributed by atoms with Crippen LogP contribution in [0.5, 0.6) is 0 Å². The smallest absolute Gasteiger partial charge is 0.240 e. The number of likely N-dealkylation sites (N-methyl/N-ethyl adjacent to an activating group) is 1. The lowest BCUT2D eigenvalue weighted by molar-refractivity contribution is 0.237. The second-order valence-electron chi connectivity index (χ2n) is 5.05. The van der Waals surface area contributed by atoms with Crippen molar-refractivity contribution in [3.63, 3.8) is 0 Å². The third-order valence-electron chi connectivity index (χ3n) is 3.48. The molecule has 21 heavy (non-hydrogen) atoms. The van der Waals surface area contributed by atoms with E-state index in [-0.39, 0.29) is 0 Å². The number of nitrogens with one attached hydrogen (secondary N) is 1. The predicted octanol–water partition coefficient (Wildman–Crippen LogP) is 2.32. The number of para-hydroxylation sites is 2. The molecule has 0 aliphatic heterocycles. The second-order valence-corrected chi connectivity index (χ2v) is 5.05. The number of hydrogen-bond donors (Lipinski definition) is 1. The maximum absolute atomic E-state index is 5.17. The highest BCUT2D eigenvalue weighted by atomic mass is 16.5. The molecule has 0 saturated carbocycles. The molecule has 0 aliphatic rings. The van der Waals surface area contributed by atoms with Gasteiger partial charge in [0.25, 0.3) is 0 Å². The summed E-state index contributed by atoms with van der Waals surface area (Å²) in [5, 5.41) is 3.82. The summed E-state index contributed by atoms with van der Waals surface area (Å²) in [6.07, 6.45) is 0.871. The van der Waals surface area contributed by atoms with Crippen LogP contribution in [0.25, 0.3) is 11.0 Å². The van der Waals surface area contributed by atoms with Crippen molar-refractivity contribution in [2.24, 2.45) is 0 Å². The number of aromatic nitrogens is 4. The summed E-state index contributed by atoms with van der Waals surface area (Å²) in [6.45, 7) is 6.47. The van der Waals surface area contributed by atoms with E-state index in [2.05, 4.69) is 31.9 Å². The van der Waals surface area contributed by atoms with Gasteiger partial charge in [0.15, 0.2) is 5.82 Å². The number of H-pyrrole nitrogens is 1. The van der Waals surface area contributed by atoms with E-state index in [1.807, 2.05) is 31.2 Å². The number of benzene rings is 1. The quantitative estimate of drug-likeness (QED) is 0.752. The van der Waals surface area contributed by atoms with Gasteiger partial charge in [-0.2, -0.15) is 4.98 Å². The highest BCUT2D eigenvalue weighted by molar-refractivity contribution is 5.74. The van der Waals surface area contributed by atoms with E-state index in [1.165, 1.54) is 0 Å². The summed E-state index contributed by atoms with van der Waals surface area (Å²) in [5.74, 6) is 2.36. The summed E-state index contributed by atoms with van der Waals surface area (Å²) < 4.78 is 5.17. The largest absolute Gasteiger partial charge is 0.342 e. The molecular formula is C15H19N5O. The van der Waals surface area contributed by atoms with Crippen molar-refractivity contribution < 1.29 is 4.52 Å². The molecule has 1 N–H and O–H groups in total. The zero-order valence-corrected chi connectivity index (χ0v) is 12.3. The van der Waals surface area contributed by atoms with Crippen molar-refractivity contribution in [3.8, 4) is 0 Å². The Bertz CT molecular complexity index is 685. The van der Waals surface area contributed by atoms with Crippen LogP contribution >= 0.6 is 0 Å². The SMILES string of the molecule is CCN(CCc1nc2ccccc2[nH]1)Cc1nc(C)no1. The van der Waals surface area contributed by atoms with Crippen LogP contribution in [0.4, 0.5) is 0 Å². The van der Waals surface area contributed by atoms with Crippen LogP contribution in [0, 0.1) is 6.92 Å². The molecule has 3 rings (SSSR count). The van der Waals surface area contributed by atoms with Gasteiger partial charge in [0, 0.05) is 13.0 Å². The number of aromatic amines is 1. The minimum atomic E-state index is 0.666. The molecule has 6 heteroatoms. The van der Waals surface area contributed by atoms with Gasteiger partial charge >= 0.3 is 0 Å². The number of hydrogen-bond acceptors (Lipinski definition) is 5. The Morgan fingerprint density at radius 1 is 1.24 bits per heavy atom. The van der Waals surface area contributed by atoms with Crippen LogP contribution in [0.3, 0.4) is 0 Å². The Morgan fingerprint density at radius 2 is 2.10 bits per heavy atom. The first kappa shape index (κ1) is 13.8. The standard InChI is InChI=1S/C15H19N5O/c1-3-20(10-15-16-11(2)19-21-15)9-8-14-17-12-6-4-5-7-13(12)18-14/h4-7H,3,8-10H2,1-2H3,(H,17,18). The van der Waals surface area contributed by atoms with Gasteiger partial charge in [-0.05, 0) is 25.6 Å². The molecule has 1 aromatic carbocycles. The van der Waals surface area contributed by atoms with Crippen molar-refractivity contribution in [2.75, 3.05) is 13.1 Å². The maximum atomic E-state index is 5.17. The van der Waals surface area contributed by atoms with Crippen molar-refractivity contribution in [1.82, 2.24) is 25.0 Å². The predicted molar refractivity (Wildman–Crippen MR) is 79.8 cm³/mol. The van der Waals surface area contributed by atoms with E-state index >= 15 is 0 Å². The number of rotatable bonds is 6. The minimum absolute atomic E-state index is 0.666. The number of nitrogens with zero attached hydrogens (tertiary/aromatic N) is 4. The van der Waals surface area contributed by atoms with Crippen LogP contribution in [-0.4, -0.2) is 38.1 Å². The van der Waals surface area contributed by atoms with Crippen LogP contribution in [0.15, 0.2) is 28.8 Å². The molecule has 0 aliphatic carbocycles. The first-order valence-corrected chi connectivity index (χ1v) is 7.19. The van der Waals surface area contributed by atoms with Crippen LogP contribution < -0.4 is 0 Å². The van der Waals surface area contributed by atoms with Gasteiger partial charge in [-0.1, -0.05) is 24.2 Å². The van der Waals surface area contributed by atoms with E-state index in [9.17, 15) is 0 Å². The summed E-state index contributed by atoms with van der Waals surface area (Å²) in [4.78, 5) is 14.5. The van der Waals surface area contributed by atoms with Crippen molar-refractivity contribution in [2.45, 2.75) is 26.8 Å². The summed E-state index contributed by atoms with van der Waals surface area (Å²) >= 11 is 0. The van der Waals surface area contributed by atoms with Gasteiger partial charge in [0.1, 0.15) is 5.82 Å². The lowest BCUT2D eigenvalue weighted by atomic mass is 10.3. The van der Waals surface area contributed by atoms with Crippen molar-refractivity contribution >= 4 is 11.0 Å². The first-order valence-electron chi connectivity index (χ1n) is 7.19. The van der Waals surface area contributed by atoms with Crippen molar-refractivity contribution in [3.05, 3.63) is 41.8 Å². The van der Waals surface area contributed by atoms with E-state index in [0.29, 0.717) is 18.3 Å². The van der Waals surface area contributed by atoms with Gasteiger partial charge in [-0.3, -0.25) is 4.90 Å². The lowest BCUT2D eigenvalue weighted by Crippen LogP contribution is -2.25. The number of aryl methyl sites for hydroxylation is 1. The Balaban J connectivity index is 1.61. The molecule has 0 radical (unpaired) electrons. The Hall–Kier alpha value is -2.21. The molecule has 110 valence electrons. The highest BCUT2D eigenvalue weighted by Crippen LogP contribution is 2.11. The molecule has 0 fully saturated rings. The van der Waals surface area contributed by atoms with E-state index in [1.54, 1.807) is 0 Å². The minimum Gasteiger partial charge on any atom is -0.342 e. The fourth-order valence-electron chi connectivity index (χ4n) is 2.33. The number of fused-ring (bicyclic) bond motifs is 1. The fourth-order valence-corrected chi connectivity index (χ4v) is 2.33. The maximum Gasteiger partial charge on any atom is 0.240 e. The number of imidazole rings is 1. The molecule has 0 amide bonds. The van der Waals surface area contributed by atoms with Gasteiger partial charge in [0.05, 0.1) is 17.6 Å². The van der Waals surface area contributed by atoms with Gasteiger partial charge < -0.3 is 9.51 Å². The normalized spacial score (nSPS) is 11.6. The fraction of sp³-hybridized carbons (Fsp3) is 0.400. The molecule has 0 atom stereocenters.